The number of anilines is 1. The molecular weight excluding hydrogens is 268 g/mol. The Bertz CT molecular complexity index is 467. The number of nitrogens with one attached hydrogen (secondary N) is 2. The van der Waals surface area contributed by atoms with Crippen molar-refractivity contribution >= 4 is 11.7 Å². The van der Waals surface area contributed by atoms with Crippen molar-refractivity contribution in [2.24, 2.45) is 0 Å². The third-order valence-electron chi connectivity index (χ3n) is 3.76. The molecule has 1 saturated carbocycles. The highest BCUT2D eigenvalue weighted by atomic mass is 16.5. The van der Waals surface area contributed by atoms with E-state index in [0.717, 1.165) is 37.7 Å². The van der Waals surface area contributed by atoms with Gasteiger partial charge in [0, 0.05) is 31.9 Å². The lowest BCUT2D eigenvalue weighted by Crippen LogP contribution is -2.36. The van der Waals surface area contributed by atoms with Crippen molar-refractivity contribution in [1.82, 2.24) is 15.6 Å². The summed E-state index contributed by atoms with van der Waals surface area (Å²) in [6.45, 7) is 4.22. The molecule has 1 aromatic heterocycles. The van der Waals surface area contributed by atoms with Crippen molar-refractivity contribution < 1.29 is 9.53 Å². The van der Waals surface area contributed by atoms with E-state index in [1.165, 1.54) is 12.8 Å². The number of aromatic nitrogens is 1. The van der Waals surface area contributed by atoms with Crippen LogP contribution < -0.4 is 15.5 Å². The van der Waals surface area contributed by atoms with Crippen LogP contribution in [0, 0.1) is 0 Å². The Hall–Kier alpha value is -1.66. The molecule has 2 N–H and O–H groups in total. The Morgan fingerprint density at radius 1 is 1.33 bits per heavy atom. The fraction of sp³-hybridized carbons (Fsp3) is 0.600. The third-order valence-corrected chi connectivity index (χ3v) is 3.76. The minimum atomic E-state index is 0.0409. The van der Waals surface area contributed by atoms with E-state index in [0.29, 0.717) is 19.1 Å². The highest BCUT2D eigenvalue weighted by Crippen LogP contribution is 2.18. The average Bonchev–Trinajstić information content (AvgIpc) is 3.37. The summed E-state index contributed by atoms with van der Waals surface area (Å²) in [5.41, 5.74) is 1.02. The first kappa shape index (κ1) is 14.3. The summed E-state index contributed by atoms with van der Waals surface area (Å²) in [6.07, 6.45) is 4.22. The van der Waals surface area contributed by atoms with Gasteiger partial charge in [0.05, 0.1) is 19.8 Å². The van der Waals surface area contributed by atoms with E-state index < -0.39 is 0 Å². The number of morpholine rings is 1. The van der Waals surface area contributed by atoms with E-state index >= 15 is 0 Å². The molecule has 6 heteroatoms. The summed E-state index contributed by atoms with van der Waals surface area (Å²) >= 11 is 0. The molecule has 1 aliphatic carbocycles. The van der Waals surface area contributed by atoms with E-state index in [4.69, 9.17) is 4.74 Å². The van der Waals surface area contributed by atoms with Crippen LogP contribution in [0.1, 0.15) is 18.4 Å². The smallest absolute Gasteiger partial charge is 0.234 e. The van der Waals surface area contributed by atoms with Crippen LogP contribution in [0.15, 0.2) is 18.3 Å². The Morgan fingerprint density at radius 2 is 2.14 bits per heavy atom. The molecule has 2 aliphatic rings. The van der Waals surface area contributed by atoms with Crippen molar-refractivity contribution in [2.45, 2.75) is 25.4 Å². The fourth-order valence-electron chi connectivity index (χ4n) is 2.29. The second-order valence-corrected chi connectivity index (χ2v) is 5.56. The molecule has 2 heterocycles. The molecule has 0 atom stereocenters. The van der Waals surface area contributed by atoms with Gasteiger partial charge in [-0.2, -0.15) is 0 Å². The SMILES string of the molecule is O=C(CNC1CC1)NCc1ccc(N2CCOCC2)nc1. The van der Waals surface area contributed by atoms with E-state index in [1.807, 2.05) is 18.3 Å². The second kappa shape index (κ2) is 6.87. The predicted molar refractivity (Wildman–Crippen MR) is 80.1 cm³/mol. The summed E-state index contributed by atoms with van der Waals surface area (Å²) < 4.78 is 5.33. The number of ether oxygens (including phenoxy) is 1. The second-order valence-electron chi connectivity index (χ2n) is 5.56. The number of amides is 1. The van der Waals surface area contributed by atoms with Gasteiger partial charge in [0.2, 0.25) is 5.91 Å². The van der Waals surface area contributed by atoms with Crippen LogP contribution in [0.3, 0.4) is 0 Å². The largest absolute Gasteiger partial charge is 0.378 e. The molecule has 2 fully saturated rings. The summed E-state index contributed by atoms with van der Waals surface area (Å²) in [5, 5.41) is 6.10. The Balaban J connectivity index is 1.43. The molecule has 1 aliphatic heterocycles. The van der Waals surface area contributed by atoms with Gasteiger partial charge in [-0.05, 0) is 24.5 Å². The van der Waals surface area contributed by atoms with Crippen LogP contribution in [0.2, 0.25) is 0 Å². The number of hydrogen-bond donors (Lipinski definition) is 2. The molecule has 1 aromatic rings. The van der Waals surface area contributed by atoms with Crippen LogP contribution >= 0.6 is 0 Å². The molecule has 0 bridgehead atoms. The zero-order valence-electron chi connectivity index (χ0n) is 12.2. The van der Waals surface area contributed by atoms with Crippen LogP contribution in [0.4, 0.5) is 5.82 Å². The molecule has 0 spiro atoms. The Labute approximate surface area is 124 Å². The van der Waals surface area contributed by atoms with Crippen molar-refractivity contribution in [3.8, 4) is 0 Å². The average molecular weight is 290 g/mol. The van der Waals surface area contributed by atoms with Crippen LogP contribution in [0.25, 0.3) is 0 Å². The molecule has 6 nitrogen and oxygen atoms in total. The normalized spacial score (nSPS) is 18.6. The predicted octanol–water partition coefficient (Wildman–Crippen LogP) is 0.286. The summed E-state index contributed by atoms with van der Waals surface area (Å²) in [7, 11) is 0. The third kappa shape index (κ3) is 4.41. The van der Waals surface area contributed by atoms with E-state index in [1.54, 1.807) is 0 Å². The zero-order chi connectivity index (χ0) is 14.5. The van der Waals surface area contributed by atoms with Gasteiger partial charge in [0.25, 0.3) is 0 Å². The molecular formula is C15H22N4O2. The first-order valence-corrected chi connectivity index (χ1v) is 7.59. The van der Waals surface area contributed by atoms with Gasteiger partial charge >= 0.3 is 0 Å². The number of carbonyl (C=O) groups is 1. The van der Waals surface area contributed by atoms with Gasteiger partial charge in [-0.15, -0.1) is 0 Å². The maximum absolute atomic E-state index is 11.6. The highest BCUT2D eigenvalue weighted by molar-refractivity contribution is 5.78. The maximum Gasteiger partial charge on any atom is 0.234 e. The summed E-state index contributed by atoms with van der Waals surface area (Å²) in [5.74, 6) is 1.02. The van der Waals surface area contributed by atoms with Gasteiger partial charge in [0.15, 0.2) is 0 Å². The topological polar surface area (TPSA) is 66.5 Å². The number of hydrogen-bond acceptors (Lipinski definition) is 5. The van der Waals surface area contributed by atoms with Crippen LogP contribution in [-0.2, 0) is 16.1 Å². The minimum absolute atomic E-state index is 0.0409. The standard InChI is InChI=1S/C15H22N4O2/c20-15(11-16-13-2-3-13)18-10-12-1-4-14(17-9-12)19-5-7-21-8-6-19/h1,4,9,13,16H,2-3,5-8,10-11H2,(H,18,20). The molecule has 0 unspecified atom stereocenters. The Morgan fingerprint density at radius 3 is 2.81 bits per heavy atom. The minimum Gasteiger partial charge on any atom is -0.378 e. The Kier molecular flexibility index (Phi) is 4.67. The van der Waals surface area contributed by atoms with E-state index in [-0.39, 0.29) is 5.91 Å². The molecule has 21 heavy (non-hydrogen) atoms. The summed E-state index contributed by atoms with van der Waals surface area (Å²) in [6, 6.07) is 4.59. The lowest BCUT2D eigenvalue weighted by atomic mass is 10.2. The van der Waals surface area contributed by atoms with Gasteiger partial charge in [-0.1, -0.05) is 6.07 Å². The quantitative estimate of drug-likeness (QED) is 0.788. The zero-order valence-corrected chi connectivity index (χ0v) is 12.2. The van der Waals surface area contributed by atoms with Crippen molar-refractivity contribution in [2.75, 3.05) is 37.7 Å². The first-order chi connectivity index (χ1) is 10.3. The van der Waals surface area contributed by atoms with E-state index in [9.17, 15) is 4.79 Å². The van der Waals surface area contributed by atoms with Gasteiger partial charge in [-0.3, -0.25) is 4.79 Å². The van der Waals surface area contributed by atoms with Crippen molar-refractivity contribution in [3.05, 3.63) is 23.9 Å². The van der Waals surface area contributed by atoms with Gasteiger partial charge in [-0.25, -0.2) is 4.98 Å². The van der Waals surface area contributed by atoms with Crippen molar-refractivity contribution in [3.63, 3.8) is 0 Å². The number of pyridine rings is 1. The van der Waals surface area contributed by atoms with Gasteiger partial charge in [0.1, 0.15) is 5.82 Å². The van der Waals surface area contributed by atoms with Crippen LogP contribution in [-0.4, -0.2) is 49.8 Å². The lowest BCUT2D eigenvalue weighted by molar-refractivity contribution is -0.120. The molecule has 1 amide bonds. The van der Waals surface area contributed by atoms with Gasteiger partial charge < -0.3 is 20.3 Å². The number of carbonyl (C=O) groups excluding carboxylic acids is 1. The van der Waals surface area contributed by atoms with Crippen LogP contribution in [0.5, 0.6) is 0 Å². The fourth-order valence-corrected chi connectivity index (χ4v) is 2.29. The number of nitrogens with zero attached hydrogens (tertiary/aromatic N) is 2. The molecule has 0 aromatic carbocycles. The lowest BCUT2D eigenvalue weighted by Gasteiger charge is -2.27. The maximum atomic E-state index is 11.6. The number of rotatable bonds is 6. The summed E-state index contributed by atoms with van der Waals surface area (Å²) in [4.78, 5) is 18.3. The van der Waals surface area contributed by atoms with E-state index in [2.05, 4.69) is 20.5 Å². The highest BCUT2D eigenvalue weighted by Gasteiger charge is 2.21. The monoisotopic (exact) mass is 290 g/mol. The molecule has 0 radical (unpaired) electrons. The van der Waals surface area contributed by atoms with Crippen molar-refractivity contribution in [1.29, 1.82) is 0 Å². The first-order valence-electron chi connectivity index (χ1n) is 7.59. The molecule has 3 rings (SSSR count). The molecule has 1 saturated heterocycles. The molecule has 114 valence electrons.